The lowest BCUT2D eigenvalue weighted by atomic mass is 9.92. The summed E-state index contributed by atoms with van der Waals surface area (Å²) in [6.07, 6.45) is 3.07. The normalized spacial score (nSPS) is 22.4. The van der Waals surface area contributed by atoms with Crippen molar-refractivity contribution in [1.29, 1.82) is 0 Å². The highest BCUT2D eigenvalue weighted by atomic mass is 16.5. The molecule has 6 nitrogen and oxygen atoms in total. The van der Waals surface area contributed by atoms with Crippen molar-refractivity contribution in [2.75, 3.05) is 26.9 Å². The number of carbonyl (C=O) groups is 2. The van der Waals surface area contributed by atoms with E-state index in [4.69, 9.17) is 4.74 Å². The molecule has 150 valence electrons. The SMILES string of the molecule is COc1cccc([C@@]2(C)NC(=O)N(CN3CC=C(c4ccccc4)CC3)C2=O)c1. The molecular formula is C23H25N3O3. The van der Waals surface area contributed by atoms with Crippen molar-refractivity contribution in [2.45, 2.75) is 18.9 Å². The summed E-state index contributed by atoms with van der Waals surface area (Å²) in [5.41, 5.74) is 2.16. The third kappa shape index (κ3) is 3.63. The number of rotatable bonds is 5. The minimum atomic E-state index is -1.09. The van der Waals surface area contributed by atoms with E-state index in [1.54, 1.807) is 20.1 Å². The molecule has 2 aliphatic heterocycles. The van der Waals surface area contributed by atoms with Gasteiger partial charge in [0, 0.05) is 13.1 Å². The number of amides is 3. The van der Waals surface area contributed by atoms with Gasteiger partial charge in [-0.3, -0.25) is 9.69 Å². The summed E-state index contributed by atoms with van der Waals surface area (Å²) in [6.45, 7) is 3.53. The van der Waals surface area contributed by atoms with Gasteiger partial charge in [0.2, 0.25) is 0 Å². The van der Waals surface area contributed by atoms with Gasteiger partial charge in [0.1, 0.15) is 11.3 Å². The van der Waals surface area contributed by atoms with Crippen molar-refractivity contribution in [3.8, 4) is 5.75 Å². The maximum atomic E-state index is 13.2. The second-order valence-electron chi connectivity index (χ2n) is 7.58. The largest absolute Gasteiger partial charge is 0.497 e. The van der Waals surface area contributed by atoms with E-state index in [-0.39, 0.29) is 18.6 Å². The van der Waals surface area contributed by atoms with Crippen molar-refractivity contribution in [3.05, 3.63) is 71.8 Å². The van der Waals surface area contributed by atoms with E-state index in [2.05, 4.69) is 28.4 Å². The van der Waals surface area contributed by atoms with E-state index in [1.807, 2.05) is 36.4 Å². The van der Waals surface area contributed by atoms with Crippen LogP contribution in [-0.2, 0) is 10.3 Å². The summed E-state index contributed by atoms with van der Waals surface area (Å²) in [4.78, 5) is 29.2. The Bertz CT molecular complexity index is 957. The molecule has 4 rings (SSSR count). The molecule has 2 aromatic rings. The van der Waals surface area contributed by atoms with Crippen LogP contribution < -0.4 is 10.1 Å². The van der Waals surface area contributed by atoms with Gasteiger partial charge in [0.15, 0.2) is 0 Å². The predicted octanol–water partition coefficient (Wildman–Crippen LogP) is 3.21. The molecule has 1 saturated heterocycles. The number of imide groups is 1. The zero-order valence-corrected chi connectivity index (χ0v) is 16.7. The van der Waals surface area contributed by atoms with Crippen LogP contribution >= 0.6 is 0 Å². The van der Waals surface area contributed by atoms with Crippen LogP contribution in [0.25, 0.3) is 5.57 Å². The van der Waals surface area contributed by atoms with Gasteiger partial charge in [0.05, 0.1) is 13.8 Å². The van der Waals surface area contributed by atoms with Gasteiger partial charge in [-0.25, -0.2) is 9.69 Å². The molecule has 3 amide bonds. The number of ether oxygens (including phenoxy) is 1. The molecule has 1 N–H and O–H groups in total. The summed E-state index contributed by atoms with van der Waals surface area (Å²) in [7, 11) is 1.58. The van der Waals surface area contributed by atoms with Crippen LogP contribution in [0.4, 0.5) is 4.79 Å². The van der Waals surface area contributed by atoms with E-state index in [1.165, 1.54) is 16.0 Å². The molecule has 6 heteroatoms. The smallest absolute Gasteiger partial charge is 0.326 e. The summed E-state index contributed by atoms with van der Waals surface area (Å²) in [5, 5.41) is 2.86. The highest BCUT2D eigenvalue weighted by molar-refractivity contribution is 6.07. The second kappa shape index (κ2) is 7.72. The third-order valence-electron chi connectivity index (χ3n) is 5.70. The van der Waals surface area contributed by atoms with Gasteiger partial charge in [-0.05, 0) is 42.2 Å². The first-order valence-electron chi connectivity index (χ1n) is 9.77. The van der Waals surface area contributed by atoms with E-state index < -0.39 is 5.54 Å². The first-order chi connectivity index (χ1) is 14.0. The summed E-state index contributed by atoms with van der Waals surface area (Å²) < 4.78 is 5.26. The van der Waals surface area contributed by atoms with Crippen LogP contribution in [0.2, 0.25) is 0 Å². The molecular weight excluding hydrogens is 366 g/mol. The number of urea groups is 1. The monoisotopic (exact) mass is 391 g/mol. The van der Waals surface area contributed by atoms with Crippen LogP contribution in [-0.4, -0.2) is 48.6 Å². The topological polar surface area (TPSA) is 61.9 Å². The predicted molar refractivity (Wildman–Crippen MR) is 111 cm³/mol. The Morgan fingerprint density at radius 2 is 1.90 bits per heavy atom. The quantitative estimate of drug-likeness (QED) is 0.795. The Balaban J connectivity index is 1.47. The molecule has 0 unspecified atom stereocenters. The molecule has 0 radical (unpaired) electrons. The molecule has 0 spiro atoms. The molecule has 0 bridgehead atoms. The fourth-order valence-electron chi connectivity index (χ4n) is 3.91. The first kappa shape index (κ1) is 19.2. The number of hydrogen-bond donors (Lipinski definition) is 1. The summed E-state index contributed by atoms with van der Waals surface area (Å²) in [5.74, 6) is 0.410. The fourth-order valence-corrected chi connectivity index (χ4v) is 3.91. The molecule has 0 saturated carbocycles. The van der Waals surface area contributed by atoms with Gasteiger partial charge in [0.25, 0.3) is 5.91 Å². The molecule has 0 aliphatic carbocycles. The third-order valence-corrected chi connectivity index (χ3v) is 5.70. The van der Waals surface area contributed by atoms with Crippen LogP contribution in [0.3, 0.4) is 0 Å². The Labute approximate surface area is 170 Å². The van der Waals surface area contributed by atoms with E-state index in [0.29, 0.717) is 17.9 Å². The summed E-state index contributed by atoms with van der Waals surface area (Å²) >= 11 is 0. The van der Waals surface area contributed by atoms with Gasteiger partial charge in [-0.15, -0.1) is 0 Å². The first-order valence-corrected chi connectivity index (χ1v) is 9.77. The van der Waals surface area contributed by atoms with Crippen molar-refractivity contribution in [3.63, 3.8) is 0 Å². The van der Waals surface area contributed by atoms with Crippen LogP contribution in [0, 0.1) is 0 Å². The second-order valence-corrected chi connectivity index (χ2v) is 7.58. The zero-order chi connectivity index (χ0) is 20.4. The fraction of sp³-hybridized carbons (Fsp3) is 0.304. The average Bonchev–Trinajstić information content (AvgIpc) is 2.99. The Hall–Kier alpha value is -3.12. The van der Waals surface area contributed by atoms with Crippen molar-refractivity contribution < 1.29 is 14.3 Å². The van der Waals surface area contributed by atoms with Gasteiger partial charge in [-0.2, -0.15) is 0 Å². The summed E-state index contributed by atoms with van der Waals surface area (Å²) in [6, 6.07) is 17.2. The number of nitrogens with one attached hydrogen (secondary N) is 1. The lowest BCUT2D eigenvalue weighted by Gasteiger charge is -2.30. The van der Waals surface area contributed by atoms with Gasteiger partial charge < -0.3 is 10.1 Å². The van der Waals surface area contributed by atoms with Crippen LogP contribution in [0.5, 0.6) is 5.75 Å². The molecule has 2 heterocycles. The van der Waals surface area contributed by atoms with Crippen LogP contribution in [0.15, 0.2) is 60.7 Å². The number of hydrogen-bond acceptors (Lipinski definition) is 4. The van der Waals surface area contributed by atoms with Crippen molar-refractivity contribution in [2.24, 2.45) is 0 Å². The highest BCUT2D eigenvalue weighted by Crippen LogP contribution is 2.31. The molecule has 29 heavy (non-hydrogen) atoms. The number of methoxy groups -OCH3 is 1. The molecule has 0 aromatic heterocycles. The average molecular weight is 391 g/mol. The van der Waals surface area contributed by atoms with E-state index in [9.17, 15) is 9.59 Å². The van der Waals surface area contributed by atoms with Gasteiger partial charge in [-0.1, -0.05) is 48.5 Å². The maximum Gasteiger partial charge on any atom is 0.326 e. The minimum absolute atomic E-state index is 0.242. The van der Waals surface area contributed by atoms with Gasteiger partial charge >= 0.3 is 6.03 Å². The Morgan fingerprint density at radius 1 is 1.10 bits per heavy atom. The van der Waals surface area contributed by atoms with Crippen molar-refractivity contribution >= 4 is 17.5 Å². The lowest BCUT2D eigenvalue weighted by Crippen LogP contribution is -2.44. The zero-order valence-electron chi connectivity index (χ0n) is 16.7. The van der Waals surface area contributed by atoms with Crippen LogP contribution in [0.1, 0.15) is 24.5 Å². The Morgan fingerprint density at radius 3 is 2.59 bits per heavy atom. The molecule has 1 fully saturated rings. The molecule has 2 aliphatic rings. The Kier molecular flexibility index (Phi) is 5.11. The lowest BCUT2D eigenvalue weighted by molar-refractivity contribution is -0.132. The minimum Gasteiger partial charge on any atom is -0.497 e. The van der Waals surface area contributed by atoms with Crippen molar-refractivity contribution in [1.82, 2.24) is 15.1 Å². The van der Waals surface area contributed by atoms with E-state index in [0.717, 1.165) is 13.0 Å². The van der Waals surface area contributed by atoms with E-state index >= 15 is 0 Å². The highest BCUT2D eigenvalue weighted by Gasteiger charge is 2.49. The number of nitrogens with zero attached hydrogens (tertiary/aromatic N) is 2. The number of benzene rings is 2. The maximum absolute atomic E-state index is 13.2. The molecule has 2 aromatic carbocycles. The number of carbonyl (C=O) groups excluding carboxylic acids is 2. The standard InChI is InChI=1S/C23H25N3O3/c1-23(19-9-6-10-20(15-19)29-2)21(27)26(22(28)24-23)16-25-13-11-18(12-14-25)17-7-4-3-5-8-17/h3-11,15H,12-14,16H2,1-2H3,(H,24,28)/t23-/m1/s1. The molecule has 1 atom stereocenters.